The first-order valence-electron chi connectivity index (χ1n) is 14.8. The first-order valence-corrected chi connectivity index (χ1v) is 16.3. The number of aromatic nitrogens is 2. The van der Waals surface area contributed by atoms with E-state index in [0.717, 1.165) is 53.5 Å². The van der Waals surface area contributed by atoms with Gasteiger partial charge in [0.1, 0.15) is 11.9 Å². The van der Waals surface area contributed by atoms with Crippen LogP contribution in [-0.2, 0) is 21.2 Å². The van der Waals surface area contributed by atoms with Gasteiger partial charge in [-0.1, -0.05) is 60.2 Å². The van der Waals surface area contributed by atoms with E-state index >= 15 is 0 Å². The lowest BCUT2D eigenvalue weighted by atomic mass is 9.86. The van der Waals surface area contributed by atoms with E-state index in [2.05, 4.69) is 15.4 Å². The predicted octanol–water partition coefficient (Wildman–Crippen LogP) is 4.68. The molecule has 9 nitrogen and oxygen atoms in total. The molecule has 0 radical (unpaired) electrons. The van der Waals surface area contributed by atoms with Crippen molar-refractivity contribution in [3.63, 3.8) is 0 Å². The highest BCUT2D eigenvalue weighted by atomic mass is 32.2. The first kappa shape index (κ1) is 30.4. The molecule has 4 aromatic rings. The number of nitrogens with zero attached hydrogens (tertiary/aromatic N) is 3. The predicted molar refractivity (Wildman–Crippen MR) is 172 cm³/mol. The van der Waals surface area contributed by atoms with Gasteiger partial charge in [-0.3, -0.25) is 4.79 Å². The van der Waals surface area contributed by atoms with E-state index in [4.69, 9.17) is 9.97 Å². The van der Waals surface area contributed by atoms with E-state index in [1.807, 2.05) is 80.5 Å². The van der Waals surface area contributed by atoms with Crippen LogP contribution in [0.5, 0.6) is 0 Å². The number of sulfonamides is 1. The molecular weight excluding hydrogens is 560 g/mol. The van der Waals surface area contributed by atoms with E-state index in [-0.39, 0.29) is 23.3 Å². The molecule has 1 saturated carbocycles. The van der Waals surface area contributed by atoms with Crippen molar-refractivity contribution >= 4 is 38.6 Å². The molecule has 3 N–H and O–H groups in total. The molecule has 3 aromatic carbocycles. The molecule has 0 unspecified atom stereocenters. The van der Waals surface area contributed by atoms with Gasteiger partial charge in [0.2, 0.25) is 21.9 Å². The standard InChI is InChI=1S/C33H40N6O3S/c1-23-13-19-27(20-14-23)43(41,42)38-30(21-24-9-5-4-6-10-24)32(40)34-22-25-15-17-26(18-16-25)35-33-36-29-12-8-7-11-28(29)31(37-33)39(2)3/h4-14,19-20,25-26,30,38H,15-18,21-22H2,1-3H3,(H,34,40)(H,35,36,37)/t25?,26?,30-/m0/s1. The van der Waals surface area contributed by atoms with Gasteiger partial charge in [-0.05, 0) is 74.8 Å². The lowest BCUT2D eigenvalue weighted by Gasteiger charge is -2.30. The maximum absolute atomic E-state index is 13.4. The third-order valence-electron chi connectivity index (χ3n) is 7.98. The van der Waals surface area contributed by atoms with Crippen LogP contribution in [0.4, 0.5) is 11.8 Å². The zero-order valence-corrected chi connectivity index (χ0v) is 25.8. The van der Waals surface area contributed by atoms with Crippen molar-refractivity contribution in [2.24, 2.45) is 5.92 Å². The SMILES string of the molecule is Cc1ccc(S(=O)(=O)N[C@@H](Cc2ccccc2)C(=O)NCC2CCC(Nc3nc(N(C)C)c4ccccc4n3)CC2)cc1. The van der Waals surface area contributed by atoms with Gasteiger partial charge in [-0.25, -0.2) is 13.4 Å². The Kier molecular flexibility index (Phi) is 9.57. The smallest absolute Gasteiger partial charge is 0.241 e. The number of hydrogen-bond acceptors (Lipinski definition) is 7. The van der Waals surface area contributed by atoms with E-state index < -0.39 is 16.1 Å². The lowest BCUT2D eigenvalue weighted by Crippen LogP contribution is -2.49. The van der Waals surface area contributed by atoms with Crippen molar-refractivity contribution < 1.29 is 13.2 Å². The summed E-state index contributed by atoms with van der Waals surface area (Å²) in [6, 6.07) is 23.4. The number of rotatable bonds is 11. The van der Waals surface area contributed by atoms with Gasteiger partial charge in [0, 0.05) is 32.1 Å². The number of hydrogen-bond donors (Lipinski definition) is 3. The maximum Gasteiger partial charge on any atom is 0.241 e. The Morgan fingerprint density at radius 1 is 0.907 bits per heavy atom. The maximum atomic E-state index is 13.4. The number of amides is 1. The minimum atomic E-state index is -3.88. The van der Waals surface area contributed by atoms with Gasteiger partial charge < -0.3 is 15.5 Å². The van der Waals surface area contributed by atoms with Crippen LogP contribution < -0.4 is 20.3 Å². The van der Waals surface area contributed by atoms with Gasteiger partial charge in [-0.2, -0.15) is 9.71 Å². The minimum absolute atomic E-state index is 0.142. The van der Waals surface area contributed by atoms with Crippen molar-refractivity contribution in [1.82, 2.24) is 20.0 Å². The van der Waals surface area contributed by atoms with Crippen molar-refractivity contribution in [1.29, 1.82) is 0 Å². The summed E-state index contributed by atoms with van der Waals surface area (Å²) in [5.74, 6) is 1.50. The molecule has 0 saturated heterocycles. The molecule has 43 heavy (non-hydrogen) atoms. The summed E-state index contributed by atoms with van der Waals surface area (Å²) in [6.45, 7) is 2.40. The van der Waals surface area contributed by atoms with Gasteiger partial charge in [0.15, 0.2) is 0 Å². The van der Waals surface area contributed by atoms with Crippen molar-refractivity contribution in [3.8, 4) is 0 Å². The Labute approximate surface area is 254 Å². The third kappa shape index (κ3) is 7.88. The molecule has 5 rings (SSSR count). The second-order valence-electron chi connectivity index (χ2n) is 11.6. The normalized spacial score (nSPS) is 17.7. The Hall–Kier alpha value is -4.02. The average molecular weight is 601 g/mol. The number of aryl methyl sites for hydroxylation is 1. The Balaban J connectivity index is 1.18. The summed E-state index contributed by atoms with van der Waals surface area (Å²) in [5.41, 5.74) is 2.75. The number of benzene rings is 3. The number of fused-ring (bicyclic) bond motifs is 1. The van der Waals surface area contributed by atoms with E-state index in [1.165, 1.54) is 0 Å². The second-order valence-corrected chi connectivity index (χ2v) is 13.3. The zero-order valence-electron chi connectivity index (χ0n) is 25.0. The van der Waals surface area contributed by atoms with Crippen LogP contribution in [0.15, 0.2) is 83.8 Å². The molecule has 1 heterocycles. The van der Waals surface area contributed by atoms with E-state index in [9.17, 15) is 13.2 Å². The highest BCUT2D eigenvalue weighted by molar-refractivity contribution is 7.89. The number of nitrogens with one attached hydrogen (secondary N) is 3. The molecule has 0 aliphatic heterocycles. The Morgan fingerprint density at radius 3 is 2.28 bits per heavy atom. The van der Waals surface area contributed by atoms with Gasteiger partial charge in [-0.15, -0.1) is 0 Å². The highest BCUT2D eigenvalue weighted by Gasteiger charge is 2.28. The summed E-state index contributed by atoms with van der Waals surface area (Å²) in [5, 5.41) is 7.59. The fourth-order valence-electron chi connectivity index (χ4n) is 5.54. The molecule has 10 heteroatoms. The summed E-state index contributed by atoms with van der Waals surface area (Å²) in [6.07, 6.45) is 3.99. The van der Waals surface area contributed by atoms with Crippen molar-refractivity contribution in [3.05, 3.63) is 90.0 Å². The van der Waals surface area contributed by atoms with Crippen LogP contribution in [0.25, 0.3) is 10.9 Å². The molecule has 0 bridgehead atoms. The van der Waals surface area contributed by atoms with E-state index in [0.29, 0.717) is 18.4 Å². The number of carbonyl (C=O) groups excluding carboxylic acids is 1. The molecule has 1 fully saturated rings. The third-order valence-corrected chi connectivity index (χ3v) is 9.47. The number of carbonyl (C=O) groups is 1. The fraction of sp³-hybridized carbons (Fsp3) is 0.364. The Bertz CT molecular complexity index is 1640. The Morgan fingerprint density at radius 2 is 1.58 bits per heavy atom. The van der Waals surface area contributed by atoms with Crippen LogP contribution >= 0.6 is 0 Å². The molecular formula is C33H40N6O3S. The molecule has 0 spiro atoms. The molecule has 1 amide bonds. The highest BCUT2D eigenvalue weighted by Crippen LogP contribution is 2.28. The minimum Gasteiger partial charge on any atom is -0.362 e. The quantitative estimate of drug-likeness (QED) is 0.229. The van der Waals surface area contributed by atoms with Crippen LogP contribution in [-0.4, -0.2) is 57.0 Å². The van der Waals surface area contributed by atoms with Crippen LogP contribution in [0.2, 0.25) is 0 Å². The monoisotopic (exact) mass is 600 g/mol. The zero-order chi connectivity index (χ0) is 30.4. The van der Waals surface area contributed by atoms with Crippen LogP contribution in [0.1, 0.15) is 36.8 Å². The second kappa shape index (κ2) is 13.5. The molecule has 1 aromatic heterocycles. The average Bonchev–Trinajstić information content (AvgIpc) is 3.00. The number of anilines is 2. The van der Waals surface area contributed by atoms with Gasteiger partial charge >= 0.3 is 0 Å². The fourth-order valence-corrected chi connectivity index (χ4v) is 6.73. The van der Waals surface area contributed by atoms with Crippen LogP contribution in [0.3, 0.4) is 0 Å². The summed E-state index contributed by atoms with van der Waals surface area (Å²) >= 11 is 0. The van der Waals surface area contributed by atoms with Crippen LogP contribution in [0, 0.1) is 12.8 Å². The van der Waals surface area contributed by atoms with Crippen molar-refractivity contribution in [2.75, 3.05) is 30.9 Å². The van der Waals surface area contributed by atoms with Crippen molar-refractivity contribution in [2.45, 2.75) is 56.0 Å². The largest absolute Gasteiger partial charge is 0.362 e. The summed E-state index contributed by atoms with van der Waals surface area (Å²) < 4.78 is 29.0. The van der Waals surface area contributed by atoms with Gasteiger partial charge in [0.25, 0.3) is 0 Å². The topological polar surface area (TPSA) is 116 Å². The first-order chi connectivity index (χ1) is 20.7. The molecule has 1 atom stereocenters. The van der Waals surface area contributed by atoms with Gasteiger partial charge in [0.05, 0.1) is 10.4 Å². The number of para-hydroxylation sites is 1. The van der Waals surface area contributed by atoms with E-state index in [1.54, 1.807) is 24.3 Å². The summed E-state index contributed by atoms with van der Waals surface area (Å²) in [4.78, 5) is 25.0. The molecule has 1 aliphatic rings. The lowest BCUT2D eigenvalue weighted by molar-refractivity contribution is -0.122. The molecule has 1 aliphatic carbocycles. The summed E-state index contributed by atoms with van der Waals surface area (Å²) in [7, 11) is 0.0862. The molecule has 226 valence electrons.